The van der Waals surface area contributed by atoms with Crippen LogP contribution in [0.5, 0.6) is 0 Å². The van der Waals surface area contributed by atoms with Crippen LogP contribution in [-0.4, -0.2) is 19.8 Å². The average molecular weight is 157 g/mol. The molecule has 0 bridgehead atoms. The summed E-state index contributed by atoms with van der Waals surface area (Å²) in [7, 11) is 0. The fraction of sp³-hybridized carbons (Fsp3) is 1.00. The predicted octanol–water partition coefficient (Wildman–Crippen LogP) is 1.40. The number of hydrogen-bond acceptors (Lipinski definition) is 2. The Morgan fingerprint density at radius 2 is 2.27 bits per heavy atom. The van der Waals surface area contributed by atoms with Crippen LogP contribution in [-0.2, 0) is 4.74 Å². The summed E-state index contributed by atoms with van der Waals surface area (Å²) in [6.45, 7) is 7.13. The van der Waals surface area contributed by atoms with Crippen molar-refractivity contribution >= 4 is 0 Å². The SMILES string of the molecule is CC(C)(CN)C[C@H]1CCOC1. The number of nitrogens with two attached hydrogens (primary N) is 1. The maximum atomic E-state index is 5.64. The maximum absolute atomic E-state index is 5.64. The van der Waals surface area contributed by atoms with Gasteiger partial charge in [-0.15, -0.1) is 0 Å². The fourth-order valence-corrected chi connectivity index (χ4v) is 1.61. The van der Waals surface area contributed by atoms with E-state index < -0.39 is 0 Å². The van der Waals surface area contributed by atoms with Crippen molar-refractivity contribution < 1.29 is 4.74 Å². The highest BCUT2D eigenvalue weighted by atomic mass is 16.5. The lowest BCUT2D eigenvalue weighted by molar-refractivity contribution is 0.171. The molecule has 0 aliphatic carbocycles. The standard InChI is InChI=1S/C9H19NO/c1-9(2,7-10)5-8-3-4-11-6-8/h8H,3-7,10H2,1-2H3/t8-/m1/s1. The Hall–Kier alpha value is -0.0800. The predicted molar refractivity (Wildman–Crippen MR) is 46.4 cm³/mol. The fourth-order valence-electron chi connectivity index (χ4n) is 1.61. The monoisotopic (exact) mass is 157 g/mol. The van der Waals surface area contributed by atoms with E-state index in [0.717, 1.165) is 25.7 Å². The number of ether oxygens (including phenoxy) is 1. The Morgan fingerprint density at radius 3 is 2.73 bits per heavy atom. The van der Waals surface area contributed by atoms with E-state index in [2.05, 4.69) is 13.8 Å². The van der Waals surface area contributed by atoms with Crippen LogP contribution >= 0.6 is 0 Å². The van der Waals surface area contributed by atoms with Crippen LogP contribution in [0.3, 0.4) is 0 Å². The molecule has 1 rings (SSSR count). The quantitative estimate of drug-likeness (QED) is 0.672. The van der Waals surface area contributed by atoms with Crippen molar-refractivity contribution in [2.24, 2.45) is 17.1 Å². The summed E-state index contributed by atoms with van der Waals surface area (Å²) < 4.78 is 5.31. The van der Waals surface area contributed by atoms with E-state index in [9.17, 15) is 0 Å². The topological polar surface area (TPSA) is 35.2 Å². The Morgan fingerprint density at radius 1 is 1.55 bits per heavy atom. The summed E-state index contributed by atoms with van der Waals surface area (Å²) >= 11 is 0. The zero-order valence-electron chi connectivity index (χ0n) is 7.60. The van der Waals surface area contributed by atoms with Gasteiger partial charge in [-0.25, -0.2) is 0 Å². The first kappa shape index (κ1) is 9.01. The molecule has 0 amide bonds. The van der Waals surface area contributed by atoms with Gasteiger partial charge in [0.1, 0.15) is 0 Å². The highest BCUT2D eigenvalue weighted by Crippen LogP contribution is 2.28. The molecule has 1 aliphatic rings. The van der Waals surface area contributed by atoms with Crippen LogP contribution in [0.1, 0.15) is 26.7 Å². The minimum Gasteiger partial charge on any atom is -0.381 e. The molecule has 0 radical (unpaired) electrons. The lowest BCUT2D eigenvalue weighted by atomic mass is 9.82. The molecule has 2 nitrogen and oxygen atoms in total. The van der Waals surface area contributed by atoms with E-state index in [1.54, 1.807) is 0 Å². The largest absolute Gasteiger partial charge is 0.381 e. The molecule has 11 heavy (non-hydrogen) atoms. The van der Waals surface area contributed by atoms with Gasteiger partial charge in [0.05, 0.1) is 0 Å². The normalized spacial score (nSPS) is 25.9. The van der Waals surface area contributed by atoms with Crippen molar-refractivity contribution in [3.05, 3.63) is 0 Å². The van der Waals surface area contributed by atoms with Crippen molar-refractivity contribution in [3.8, 4) is 0 Å². The van der Waals surface area contributed by atoms with E-state index in [0.29, 0.717) is 5.41 Å². The molecule has 1 fully saturated rings. The zero-order chi connectivity index (χ0) is 8.32. The Labute approximate surface area is 69.1 Å². The van der Waals surface area contributed by atoms with Crippen LogP contribution in [0.4, 0.5) is 0 Å². The summed E-state index contributed by atoms with van der Waals surface area (Å²) in [5.74, 6) is 0.758. The Bertz CT molecular complexity index is 117. The van der Waals surface area contributed by atoms with E-state index in [1.165, 1.54) is 12.8 Å². The highest BCUT2D eigenvalue weighted by Gasteiger charge is 2.24. The van der Waals surface area contributed by atoms with Gasteiger partial charge in [0.2, 0.25) is 0 Å². The molecule has 2 N–H and O–H groups in total. The van der Waals surface area contributed by atoms with Crippen LogP contribution in [0.2, 0.25) is 0 Å². The molecule has 2 heteroatoms. The number of rotatable bonds is 3. The van der Waals surface area contributed by atoms with Gasteiger partial charge in [-0.2, -0.15) is 0 Å². The third-order valence-corrected chi connectivity index (χ3v) is 2.42. The lowest BCUT2D eigenvalue weighted by Crippen LogP contribution is -2.26. The van der Waals surface area contributed by atoms with Gasteiger partial charge in [0, 0.05) is 13.2 Å². The minimum absolute atomic E-state index is 0.304. The van der Waals surface area contributed by atoms with Gasteiger partial charge in [-0.05, 0) is 30.7 Å². The van der Waals surface area contributed by atoms with E-state index >= 15 is 0 Å². The molecule has 1 atom stereocenters. The van der Waals surface area contributed by atoms with Gasteiger partial charge in [-0.1, -0.05) is 13.8 Å². The van der Waals surface area contributed by atoms with E-state index in [4.69, 9.17) is 10.5 Å². The average Bonchev–Trinajstić information content (AvgIpc) is 2.39. The molecule has 66 valence electrons. The molecule has 1 aliphatic heterocycles. The molecule has 1 saturated heterocycles. The van der Waals surface area contributed by atoms with E-state index in [1.807, 2.05) is 0 Å². The Kier molecular flexibility index (Phi) is 2.90. The minimum atomic E-state index is 0.304. The second-order valence-electron chi connectivity index (χ2n) is 4.30. The molecule has 1 heterocycles. The Balaban J connectivity index is 2.28. The second-order valence-corrected chi connectivity index (χ2v) is 4.30. The molecule has 0 saturated carbocycles. The van der Waals surface area contributed by atoms with Crippen LogP contribution in [0.15, 0.2) is 0 Å². The van der Waals surface area contributed by atoms with Gasteiger partial charge < -0.3 is 10.5 Å². The second kappa shape index (κ2) is 3.55. The lowest BCUT2D eigenvalue weighted by Gasteiger charge is -2.25. The molecule has 0 spiro atoms. The smallest absolute Gasteiger partial charge is 0.0495 e. The van der Waals surface area contributed by atoms with Crippen LogP contribution in [0, 0.1) is 11.3 Å². The van der Waals surface area contributed by atoms with Crippen molar-refractivity contribution in [1.29, 1.82) is 0 Å². The first-order valence-electron chi connectivity index (χ1n) is 4.42. The zero-order valence-corrected chi connectivity index (χ0v) is 7.60. The van der Waals surface area contributed by atoms with E-state index in [-0.39, 0.29) is 0 Å². The maximum Gasteiger partial charge on any atom is 0.0495 e. The molecule has 0 aromatic heterocycles. The molecule has 0 aromatic rings. The molecular weight excluding hydrogens is 138 g/mol. The van der Waals surface area contributed by atoms with Crippen molar-refractivity contribution in [3.63, 3.8) is 0 Å². The van der Waals surface area contributed by atoms with Crippen LogP contribution < -0.4 is 5.73 Å². The summed E-state index contributed by atoms with van der Waals surface area (Å²) in [4.78, 5) is 0. The molecule has 0 aromatic carbocycles. The first-order valence-corrected chi connectivity index (χ1v) is 4.42. The number of hydrogen-bond donors (Lipinski definition) is 1. The van der Waals surface area contributed by atoms with Crippen molar-refractivity contribution in [2.45, 2.75) is 26.7 Å². The van der Waals surface area contributed by atoms with Gasteiger partial charge in [0.15, 0.2) is 0 Å². The summed E-state index contributed by atoms with van der Waals surface area (Å²) in [5.41, 5.74) is 5.95. The highest BCUT2D eigenvalue weighted by molar-refractivity contribution is 4.76. The molecular formula is C9H19NO. The van der Waals surface area contributed by atoms with Gasteiger partial charge in [-0.3, -0.25) is 0 Å². The summed E-state index contributed by atoms with van der Waals surface area (Å²) in [6, 6.07) is 0. The summed E-state index contributed by atoms with van der Waals surface area (Å²) in [6.07, 6.45) is 2.44. The third-order valence-electron chi connectivity index (χ3n) is 2.42. The van der Waals surface area contributed by atoms with Gasteiger partial charge in [0.25, 0.3) is 0 Å². The van der Waals surface area contributed by atoms with Crippen molar-refractivity contribution in [2.75, 3.05) is 19.8 Å². The molecule has 0 unspecified atom stereocenters. The van der Waals surface area contributed by atoms with Crippen molar-refractivity contribution in [1.82, 2.24) is 0 Å². The van der Waals surface area contributed by atoms with Gasteiger partial charge >= 0.3 is 0 Å². The van der Waals surface area contributed by atoms with Crippen LogP contribution in [0.25, 0.3) is 0 Å². The summed E-state index contributed by atoms with van der Waals surface area (Å²) in [5, 5.41) is 0. The third kappa shape index (κ3) is 2.80. The first-order chi connectivity index (χ1) is 5.14.